The van der Waals surface area contributed by atoms with Crippen LogP contribution >= 0.6 is 0 Å². The third kappa shape index (κ3) is 6.60. The summed E-state index contributed by atoms with van der Waals surface area (Å²) < 4.78 is 24.5. The second-order valence-electron chi connectivity index (χ2n) is 4.87. The molecule has 0 fully saturated rings. The monoisotopic (exact) mass is 265 g/mol. The Morgan fingerprint density at radius 1 is 1.41 bits per heavy atom. The molecule has 0 aromatic carbocycles. The summed E-state index contributed by atoms with van der Waals surface area (Å²) in [6.45, 7) is 6.13. The van der Waals surface area contributed by atoms with E-state index in [4.69, 9.17) is 5.73 Å². The van der Waals surface area contributed by atoms with Gasteiger partial charge in [0, 0.05) is 12.1 Å². The SMILES string of the molecule is CNS(=O)(=O)CC(=O)NC(C)(CN)CC(C)C. The van der Waals surface area contributed by atoms with Gasteiger partial charge < -0.3 is 11.1 Å². The van der Waals surface area contributed by atoms with E-state index in [9.17, 15) is 13.2 Å². The number of rotatable bonds is 7. The first kappa shape index (κ1) is 16.3. The lowest BCUT2D eigenvalue weighted by atomic mass is 9.91. The molecule has 0 saturated carbocycles. The minimum atomic E-state index is -3.53. The fourth-order valence-corrected chi connectivity index (χ4v) is 2.27. The normalized spacial score (nSPS) is 15.6. The van der Waals surface area contributed by atoms with Gasteiger partial charge in [-0.3, -0.25) is 4.79 Å². The van der Waals surface area contributed by atoms with E-state index in [0.29, 0.717) is 12.3 Å². The number of nitrogens with two attached hydrogens (primary N) is 1. The van der Waals surface area contributed by atoms with Crippen LogP contribution in [-0.2, 0) is 14.8 Å². The first-order valence-electron chi connectivity index (χ1n) is 5.56. The molecule has 0 aliphatic carbocycles. The summed E-state index contributed by atoms with van der Waals surface area (Å²) in [7, 11) is -2.25. The zero-order chi connectivity index (χ0) is 13.7. The topological polar surface area (TPSA) is 101 Å². The van der Waals surface area contributed by atoms with Gasteiger partial charge in [0.2, 0.25) is 15.9 Å². The maximum Gasteiger partial charge on any atom is 0.237 e. The van der Waals surface area contributed by atoms with Crippen molar-refractivity contribution in [2.75, 3.05) is 19.3 Å². The molecule has 0 saturated heterocycles. The van der Waals surface area contributed by atoms with Crippen LogP contribution in [0, 0.1) is 5.92 Å². The molecule has 0 aliphatic rings. The molecular weight excluding hydrogens is 242 g/mol. The Hall–Kier alpha value is -0.660. The molecule has 1 atom stereocenters. The molecular formula is C10H23N3O3S. The Morgan fingerprint density at radius 2 is 1.94 bits per heavy atom. The maximum atomic E-state index is 11.6. The van der Waals surface area contributed by atoms with Crippen molar-refractivity contribution in [3.05, 3.63) is 0 Å². The van der Waals surface area contributed by atoms with Gasteiger partial charge in [0.25, 0.3) is 0 Å². The summed E-state index contributed by atoms with van der Waals surface area (Å²) in [5.41, 5.74) is 5.06. The minimum absolute atomic E-state index is 0.274. The summed E-state index contributed by atoms with van der Waals surface area (Å²) in [6.07, 6.45) is 0.703. The Bertz CT molecular complexity index is 354. The lowest BCUT2D eigenvalue weighted by Gasteiger charge is -2.31. The summed E-state index contributed by atoms with van der Waals surface area (Å²) in [5, 5.41) is 2.68. The average molecular weight is 265 g/mol. The fourth-order valence-electron chi connectivity index (χ4n) is 1.70. The molecule has 1 unspecified atom stereocenters. The zero-order valence-electron chi connectivity index (χ0n) is 10.9. The van der Waals surface area contributed by atoms with Crippen molar-refractivity contribution in [2.24, 2.45) is 11.7 Å². The van der Waals surface area contributed by atoms with Crippen molar-refractivity contribution in [1.82, 2.24) is 10.0 Å². The number of hydrogen-bond acceptors (Lipinski definition) is 4. The van der Waals surface area contributed by atoms with Crippen molar-refractivity contribution in [1.29, 1.82) is 0 Å². The maximum absolute atomic E-state index is 11.6. The lowest BCUT2D eigenvalue weighted by Crippen LogP contribution is -2.53. The van der Waals surface area contributed by atoms with Crippen LogP contribution in [0.2, 0.25) is 0 Å². The van der Waals surface area contributed by atoms with Gasteiger partial charge >= 0.3 is 0 Å². The largest absolute Gasteiger partial charge is 0.349 e. The van der Waals surface area contributed by atoms with Crippen molar-refractivity contribution in [3.63, 3.8) is 0 Å². The van der Waals surface area contributed by atoms with E-state index in [1.54, 1.807) is 0 Å². The Labute approximate surface area is 103 Å². The molecule has 0 spiro atoms. The van der Waals surface area contributed by atoms with E-state index in [2.05, 4.69) is 10.0 Å². The van der Waals surface area contributed by atoms with Gasteiger partial charge in [0.05, 0.1) is 0 Å². The van der Waals surface area contributed by atoms with Crippen molar-refractivity contribution in [2.45, 2.75) is 32.7 Å². The van der Waals surface area contributed by atoms with Crippen LogP contribution in [0.1, 0.15) is 27.2 Å². The molecule has 1 amide bonds. The van der Waals surface area contributed by atoms with E-state index < -0.39 is 27.2 Å². The Kier molecular flexibility index (Phi) is 6.08. The molecule has 0 aromatic heterocycles. The summed E-state index contributed by atoms with van der Waals surface area (Å²) >= 11 is 0. The van der Waals surface area contributed by atoms with E-state index in [1.165, 1.54) is 7.05 Å². The number of carbonyl (C=O) groups excluding carboxylic acids is 1. The van der Waals surface area contributed by atoms with Gasteiger partial charge in [-0.1, -0.05) is 13.8 Å². The van der Waals surface area contributed by atoms with Crippen LogP contribution < -0.4 is 15.8 Å². The van der Waals surface area contributed by atoms with Gasteiger partial charge in [-0.2, -0.15) is 0 Å². The predicted octanol–water partition coefficient (Wildman–Crippen LogP) is -0.585. The standard InChI is InChI=1S/C10H23N3O3S/c1-8(2)5-10(3,7-11)13-9(14)6-17(15,16)12-4/h8,12H,5-7,11H2,1-4H3,(H,13,14). The molecule has 0 aliphatic heterocycles. The smallest absolute Gasteiger partial charge is 0.237 e. The van der Waals surface area contributed by atoms with Gasteiger partial charge in [0.15, 0.2) is 0 Å². The highest BCUT2D eigenvalue weighted by Crippen LogP contribution is 2.15. The van der Waals surface area contributed by atoms with Gasteiger partial charge in [-0.15, -0.1) is 0 Å². The Morgan fingerprint density at radius 3 is 2.29 bits per heavy atom. The molecule has 102 valence electrons. The molecule has 0 radical (unpaired) electrons. The molecule has 0 heterocycles. The molecule has 0 aromatic rings. The van der Waals surface area contributed by atoms with E-state index in [1.807, 2.05) is 20.8 Å². The first-order chi connectivity index (χ1) is 7.64. The molecule has 0 bridgehead atoms. The van der Waals surface area contributed by atoms with Crippen molar-refractivity contribution >= 4 is 15.9 Å². The highest BCUT2D eigenvalue weighted by Gasteiger charge is 2.27. The van der Waals surface area contributed by atoms with Crippen molar-refractivity contribution in [3.8, 4) is 0 Å². The molecule has 6 nitrogen and oxygen atoms in total. The number of nitrogens with one attached hydrogen (secondary N) is 2. The van der Waals surface area contributed by atoms with Crippen LogP contribution in [0.5, 0.6) is 0 Å². The second kappa shape index (κ2) is 6.32. The van der Waals surface area contributed by atoms with Crippen LogP contribution in [0.15, 0.2) is 0 Å². The molecule has 17 heavy (non-hydrogen) atoms. The van der Waals surface area contributed by atoms with Crippen LogP contribution in [0.25, 0.3) is 0 Å². The van der Waals surface area contributed by atoms with E-state index in [0.717, 1.165) is 0 Å². The van der Waals surface area contributed by atoms with Crippen LogP contribution in [0.3, 0.4) is 0 Å². The van der Waals surface area contributed by atoms with Crippen molar-refractivity contribution < 1.29 is 13.2 Å². The fraction of sp³-hybridized carbons (Fsp3) is 0.900. The molecule has 0 rings (SSSR count). The third-order valence-electron chi connectivity index (χ3n) is 2.38. The highest BCUT2D eigenvalue weighted by molar-refractivity contribution is 7.90. The second-order valence-corrected chi connectivity index (χ2v) is 6.80. The first-order valence-corrected chi connectivity index (χ1v) is 7.21. The lowest BCUT2D eigenvalue weighted by molar-refractivity contribution is -0.120. The number of sulfonamides is 1. The van der Waals surface area contributed by atoms with Gasteiger partial charge in [-0.25, -0.2) is 13.1 Å². The third-order valence-corrected chi connectivity index (χ3v) is 3.65. The van der Waals surface area contributed by atoms with E-state index >= 15 is 0 Å². The van der Waals surface area contributed by atoms with E-state index in [-0.39, 0.29) is 6.54 Å². The number of carbonyl (C=O) groups is 1. The van der Waals surface area contributed by atoms with Crippen LogP contribution in [0.4, 0.5) is 0 Å². The zero-order valence-corrected chi connectivity index (χ0v) is 11.7. The highest BCUT2D eigenvalue weighted by atomic mass is 32.2. The summed E-state index contributed by atoms with van der Waals surface area (Å²) in [4.78, 5) is 11.6. The van der Waals surface area contributed by atoms with Gasteiger partial charge in [-0.05, 0) is 26.3 Å². The minimum Gasteiger partial charge on any atom is -0.349 e. The van der Waals surface area contributed by atoms with Gasteiger partial charge in [0.1, 0.15) is 5.75 Å². The quantitative estimate of drug-likeness (QED) is 0.573. The number of amides is 1. The molecule has 7 heteroatoms. The summed E-state index contributed by atoms with van der Waals surface area (Å²) in [6, 6.07) is 0. The predicted molar refractivity (Wildman–Crippen MR) is 67.9 cm³/mol. The van der Waals surface area contributed by atoms with Crippen LogP contribution in [-0.4, -0.2) is 39.2 Å². The number of hydrogen-bond donors (Lipinski definition) is 3. The summed E-state index contributed by atoms with van der Waals surface area (Å²) in [5.74, 6) is -0.741. The average Bonchev–Trinajstić information content (AvgIpc) is 2.15. The Balaban J connectivity index is 4.54. The molecule has 4 N–H and O–H groups in total.